The number of aliphatic hydroxyl groups is 1. The first-order valence-electron chi connectivity index (χ1n) is 5.85. The average molecular weight is 225 g/mol. The Bertz CT molecular complexity index is 65.3. The standard InChI is InChI=1S/C8H17Cl.C2H6O.C2H6/c1-8(2)6-4-3-5-7-9;1-2-3;1-2/h8H,3-7H2,1-2H3;3H,2H2,1H3;1-2H3. The lowest BCUT2D eigenvalue weighted by Gasteiger charge is -2.01. The fourth-order valence-electron chi connectivity index (χ4n) is 0.824. The lowest BCUT2D eigenvalue weighted by molar-refractivity contribution is 0.318. The molecule has 0 heterocycles. The quantitative estimate of drug-likeness (QED) is 0.540. The van der Waals surface area contributed by atoms with Gasteiger partial charge in [-0.15, -0.1) is 11.6 Å². The minimum absolute atomic E-state index is 0.250. The Kier molecular flexibility index (Phi) is 32.8. The Labute approximate surface area is 95.9 Å². The van der Waals surface area contributed by atoms with Crippen LogP contribution in [0.4, 0.5) is 0 Å². The van der Waals surface area contributed by atoms with Crippen molar-refractivity contribution in [2.45, 2.75) is 60.3 Å². The van der Waals surface area contributed by atoms with Gasteiger partial charge in [-0.05, 0) is 19.3 Å². The third kappa shape index (κ3) is 39.7. The molecule has 14 heavy (non-hydrogen) atoms. The topological polar surface area (TPSA) is 20.2 Å². The Morgan fingerprint density at radius 1 is 1.07 bits per heavy atom. The van der Waals surface area contributed by atoms with Gasteiger partial charge in [0.25, 0.3) is 0 Å². The molecule has 0 spiro atoms. The van der Waals surface area contributed by atoms with Gasteiger partial charge in [-0.1, -0.05) is 47.0 Å². The van der Waals surface area contributed by atoms with Gasteiger partial charge in [0, 0.05) is 12.5 Å². The molecule has 0 aromatic carbocycles. The smallest absolute Gasteiger partial charge is 0.0402 e. The fraction of sp³-hybridized carbons (Fsp3) is 1.00. The van der Waals surface area contributed by atoms with E-state index in [1.54, 1.807) is 6.92 Å². The Morgan fingerprint density at radius 2 is 1.50 bits per heavy atom. The van der Waals surface area contributed by atoms with E-state index in [0.29, 0.717) is 0 Å². The van der Waals surface area contributed by atoms with Crippen molar-refractivity contribution in [1.29, 1.82) is 0 Å². The predicted octanol–water partition coefficient (Wildman–Crippen LogP) is 4.47. The molecule has 1 N–H and O–H groups in total. The molecule has 90 valence electrons. The van der Waals surface area contributed by atoms with Gasteiger partial charge in [-0.25, -0.2) is 0 Å². The Balaban J connectivity index is -0.000000205. The molecular formula is C12H29ClO. The second kappa shape index (κ2) is 23.2. The molecule has 0 amide bonds. The minimum Gasteiger partial charge on any atom is -0.397 e. The maximum Gasteiger partial charge on any atom is 0.0402 e. The molecule has 0 radical (unpaired) electrons. The van der Waals surface area contributed by atoms with Gasteiger partial charge < -0.3 is 5.11 Å². The van der Waals surface area contributed by atoms with E-state index < -0.39 is 0 Å². The van der Waals surface area contributed by atoms with E-state index in [2.05, 4.69) is 13.8 Å². The van der Waals surface area contributed by atoms with Crippen LogP contribution in [0.2, 0.25) is 0 Å². The largest absolute Gasteiger partial charge is 0.397 e. The summed E-state index contributed by atoms with van der Waals surface area (Å²) in [4.78, 5) is 0. The van der Waals surface area contributed by atoms with Crippen LogP contribution in [0.3, 0.4) is 0 Å². The highest BCUT2D eigenvalue weighted by molar-refractivity contribution is 6.17. The average Bonchev–Trinajstić information content (AvgIpc) is 2.17. The van der Waals surface area contributed by atoms with Crippen LogP contribution in [-0.4, -0.2) is 17.6 Å². The summed E-state index contributed by atoms with van der Waals surface area (Å²) < 4.78 is 0. The zero-order chi connectivity index (χ0) is 11.8. The normalized spacial score (nSPS) is 8.57. The molecule has 0 rings (SSSR count). The van der Waals surface area contributed by atoms with Crippen LogP contribution in [0.25, 0.3) is 0 Å². The summed E-state index contributed by atoms with van der Waals surface area (Å²) in [5, 5.41) is 7.57. The highest BCUT2D eigenvalue weighted by atomic mass is 35.5. The first-order valence-corrected chi connectivity index (χ1v) is 6.39. The van der Waals surface area contributed by atoms with Crippen LogP contribution in [0.1, 0.15) is 60.3 Å². The number of hydrogen-bond acceptors (Lipinski definition) is 1. The van der Waals surface area contributed by atoms with E-state index in [9.17, 15) is 0 Å². The van der Waals surface area contributed by atoms with E-state index in [4.69, 9.17) is 16.7 Å². The van der Waals surface area contributed by atoms with Gasteiger partial charge >= 0.3 is 0 Å². The molecule has 0 aromatic heterocycles. The number of unbranched alkanes of at least 4 members (excludes halogenated alkanes) is 2. The summed E-state index contributed by atoms with van der Waals surface area (Å²) in [6.07, 6.45) is 5.21. The Morgan fingerprint density at radius 3 is 1.79 bits per heavy atom. The monoisotopic (exact) mass is 224 g/mol. The molecule has 0 unspecified atom stereocenters. The maximum atomic E-state index is 7.57. The van der Waals surface area contributed by atoms with E-state index >= 15 is 0 Å². The third-order valence-electron chi connectivity index (χ3n) is 1.42. The second-order valence-corrected chi connectivity index (χ2v) is 3.63. The van der Waals surface area contributed by atoms with Gasteiger partial charge in [0.15, 0.2) is 0 Å². The number of rotatable bonds is 5. The molecular weight excluding hydrogens is 196 g/mol. The van der Waals surface area contributed by atoms with Gasteiger partial charge in [-0.2, -0.15) is 0 Å². The summed E-state index contributed by atoms with van der Waals surface area (Å²) in [6.45, 7) is 10.5. The zero-order valence-corrected chi connectivity index (χ0v) is 11.4. The van der Waals surface area contributed by atoms with Crippen molar-refractivity contribution in [2.24, 2.45) is 5.92 Å². The van der Waals surface area contributed by atoms with Crippen LogP contribution in [-0.2, 0) is 0 Å². The first-order chi connectivity index (χ1) is 6.68. The van der Waals surface area contributed by atoms with Gasteiger partial charge in [0.1, 0.15) is 0 Å². The minimum atomic E-state index is 0.250. The van der Waals surface area contributed by atoms with Crippen molar-refractivity contribution < 1.29 is 5.11 Å². The van der Waals surface area contributed by atoms with Gasteiger partial charge in [-0.3, -0.25) is 0 Å². The molecule has 0 saturated carbocycles. The molecule has 0 aromatic rings. The summed E-state index contributed by atoms with van der Waals surface area (Å²) in [7, 11) is 0. The highest BCUT2D eigenvalue weighted by Gasteiger charge is 1.92. The van der Waals surface area contributed by atoms with Crippen LogP contribution in [0, 0.1) is 5.92 Å². The molecule has 0 aliphatic rings. The van der Waals surface area contributed by atoms with Crippen molar-refractivity contribution >= 4 is 11.6 Å². The number of halogens is 1. The molecule has 0 aliphatic heterocycles. The molecule has 0 saturated heterocycles. The van der Waals surface area contributed by atoms with E-state index in [1.807, 2.05) is 13.8 Å². The van der Waals surface area contributed by atoms with Gasteiger partial charge in [0.05, 0.1) is 0 Å². The number of alkyl halides is 1. The first kappa shape index (κ1) is 19.8. The predicted molar refractivity (Wildman–Crippen MR) is 68.1 cm³/mol. The third-order valence-corrected chi connectivity index (χ3v) is 1.68. The van der Waals surface area contributed by atoms with Crippen LogP contribution >= 0.6 is 11.6 Å². The lowest BCUT2D eigenvalue weighted by atomic mass is 10.1. The SMILES string of the molecule is CC.CC(C)CCCCCCl.CCO. The molecule has 1 nitrogen and oxygen atoms in total. The molecule has 2 heteroatoms. The summed E-state index contributed by atoms with van der Waals surface area (Å²) >= 11 is 5.52. The molecule has 0 aliphatic carbocycles. The maximum absolute atomic E-state index is 7.57. The van der Waals surface area contributed by atoms with Crippen molar-refractivity contribution in [3.63, 3.8) is 0 Å². The van der Waals surface area contributed by atoms with Crippen LogP contribution < -0.4 is 0 Å². The highest BCUT2D eigenvalue weighted by Crippen LogP contribution is 2.07. The lowest BCUT2D eigenvalue weighted by Crippen LogP contribution is -1.86. The van der Waals surface area contributed by atoms with Crippen molar-refractivity contribution in [1.82, 2.24) is 0 Å². The van der Waals surface area contributed by atoms with Crippen molar-refractivity contribution in [3.05, 3.63) is 0 Å². The van der Waals surface area contributed by atoms with Crippen LogP contribution in [0.5, 0.6) is 0 Å². The summed E-state index contributed by atoms with van der Waals surface area (Å²) in [6, 6.07) is 0. The second-order valence-electron chi connectivity index (χ2n) is 3.25. The Hall–Kier alpha value is 0.250. The van der Waals surface area contributed by atoms with E-state index in [-0.39, 0.29) is 6.61 Å². The number of hydrogen-bond donors (Lipinski definition) is 1. The fourth-order valence-corrected chi connectivity index (χ4v) is 1.01. The van der Waals surface area contributed by atoms with Crippen LogP contribution in [0.15, 0.2) is 0 Å². The number of aliphatic hydroxyl groups excluding tert-OH is 1. The van der Waals surface area contributed by atoms with E-state index in [0.717, 1.165) is 11.8 Å². The van der Waals surface area contributed by atoms with E-state index in [1.165, 1.54) is 25.7 Å². The molecule has 0 atom stereocenters. The molecule has 0 fully saturated rings. The zero-order valence-electron chi connectivity index (χ0n) is 10.6. The van der Waals surface area contributed by atoms with Gasteiger partial charge in [0.2, 0.25) is 0 Å². The molecule has 0 bridgehead atoms. The van der Waals surface area contributed by atoms with Crippen molar-refractivity contribution in [2.75, 3.05) is 12.5 Å². The summed E-state index contributed by atoms with van der Waals surface area (Å²) in [5.41, 5.74) is 0. The van der Waals surface area contributed by atoms with Crippen molar-refractivity contribution in [3.8, 4) is 0 Å². The summed E-state index contributed by atoms with van der Waals surface area (Å²) in [5.74, 6) is 1.69.